The summed E-state index contributed by atoms with van der Waals surface area (Å²) in [5.74, 6) is 1.12. The molecule has 3 heterocycles. The van der Waals surface area contributed by atoms with Crippen LogP contribution in [0.3, 0.4) is 0 Å². The van der Waals surface area contributed by atoms with Crippen molar-refractivity contribution in [3.8, 4) is 33.9 Å². The highest BCUT2D eigenvalue weighted by Crippen LogP contribution is 2.45. The van der Waals surface area contributed by atoms with Gasteiger partial charge in [0, 0.05) is 36.1 Å². The fraction of sp³-hybridized carbons (Fsp3) is 0.296. The predicted molar refractivity (Wildman–Crippen MR) is 141 cm³/mol. The number of hydrogen-bond donors (Lipinski definition) is 1. The zero-order valence-corrected chi connectivity index (χ0v) is 21.7. The second kappa shape index (κ2) is 10.5. The molecule has 4 aromatic rings. The van der Waals surface area contributed by atoms with Gasteiger partial charge in [-0.15, -0.1) is 0 Å². The van der Waals surface area contributed by atoms with Crippen LogP contribution in [0.1, 0.15) is 20.8 Å². The molecule has 188 valence electrons. The molecule has 36 heavy (non-hydrogen) atoms. The van der Waals surface area contributed by atoms with E-state index in [9.17, 15) is 4.79 Å². The number of amides is 1. The van der Waals surface area contributed by atoms with Gasteiger partial charge in [-0.25, -0.2) is 4.79 Å². The summed E-state index contributed by atoms with van der Waals surface area (Å²) in [4.78, 5) is 26.1. The Morgan fingerprint density at radius 2 is 1.92 bits per heavy atom. The molecule has 4 rings (SSSR count). The summed E-state index contributed by atoms with van der Waals surface area (Å²) in [7, 11) is 3.27. The molecule has 0 aliphatic rings. The molecule has 0 aliphatic carbocycles. The number of aromatic amines is 1. The monoisotopic (exact) mass is 508 g/mol. The number of methoxy groups -OCH3 is 1. The molecule has 0 atom stereocenters. The van der Waals surface area contributed by atoms with Crippen molar-refractivity contribution >= 4 is 28.7 Å². The van der Waals surface area contributed by atoms with Crippen LogP contribution in [0.5, 0.6) is 11.5 Å². The molecule has 0 saturated heterocycles. The van der Waals surface area contributed by atoms with E-state index in [4.69, 9.17) is 25.8 Å². The lowest BCUT2D eigenvalue weighted by Crippen LogP contribution is -2.36. The summed E-state index contributed by atoms with van der Waals surface area (Å²) in [6.45, 7) is 6.09. The number of halogens is 1. The van der Waals surface area contributed by atoms with Crippen molar-refractivity contribution in [1.29, 1.82) is 0 Å². The molecule has 0 radical (unpaired) electrons. The molecular formula is C27H29ClN4O4. The van der Waals surface area contributed by atoms with Crippen LogP contribution >= 0.6 is 11.6 Å². The van der Waals surface area contributed by atoms with E-state index in [-0.39, 0.29) is 6.61 Å². The normalized spacial score (nSPS) is 11.4. The molecule has 3 aromatic heterocycles. The van der Waals surface area contributed by atoms with Crippen molar-refractivity contribution in [2.45, 2.75) is 26.4 Å². The summed E-state index contributed by atoms with van der Waals surface area (Å²) in [6, 6.07) is 11.3. The van der Waals surface area contributed by atoms with E-state index in [0.717, 1.165) is 33.4 Å². The van der Waals surface area contributed by atoms with Crippen LogP contribution in [0.2, 0.25) is 5.02 Å². The lowest BCUT2D eigenvalue weighted by Gasteiger charge is -2.24. The Labute approximate surface area is 215 Å². The number of H-pyrrole nitrogens is 1. The summed E-state index contributed by atoms with van der Waals surface area (Å²) in [5.41, 5.74) is 4.30. The second-order valence-corrected chi connectivity index (χ2v) is 9.62. The van der Waals surface area contributed by atoms with Gasteiger partial charge in [0.15, 0.2) is 0 Å². The number of carbonyl (C=O) groups excluding carboxylic acids is 1. The molecule has 1 amide bonds. The summed E-state index contributed by atoms with van der Waals surface area (Å²) in [5, 5.41) is 0.502. The molecule has 0 fully saturated rings. The smallest absolute Gasteiger partial charge is 0.410 e. The predicted octanol–water partition coefficient (Wildman–Crippen LogP) is 6.20. The zero-order chi connectivity index (χ0) is 25.9. The van der Waals surface area contributed by atoms with Crippen molar-refractivity contribution in [2.75, 3.05) is 27.3 Å². The van der Waals surface area contributed by atoms with E-state index in [1.54, 1.807) is 38.8 Å². The van der Waals surface area contributed by atoms with Crippen LogP contribution in [0.15, 0.2) is 55.0 Å². The summed E-state index contributed by atoms with van der Waals surface area (Å²) in [6.07, 6.45) is 4.69. The van der Waals surface area contributed by atoms with E-state index >= 15 is 0 Å². The van der Waals surface area contributed by atoms with Gasteiger partial charge in [0.05, 0.1) is 41.6 Å². The van der Waals surface area contributed by atoms with E-state index in [2.05, 4.69) is 15.0 Å². The first-order valence-corrected chi connectivity index (χ1v) is 11.9. The lowest BCUT2D eigenvalue weighted by molar-refractivity contribution is 0.0278. The van der Waals surface area contributed by atoms with Crippen molar-refractivity contribution in [3.63, 3.8) is 0 Å². The highest BCUT2D eigenvalue weighted by Gasteiger charge is 2.23. The standard InChI is InChI=1S/C27H29ClN4O4/c1-27(2,3)36-26(33)32(4)14-15-35-21-16-29-13-11-17(21)23-22(24-20(31-23)10-7-12-30-24)18-8-6-9-19(28)25(18)34-5/h6-13,16,31H,14-15H2,1-5H3. The minimum Gasteiger partial charge on any atom is -0.495 e. The number of nitrogens with zero attached hydrogens (tertiary/aromatic N) is 3. The average molecular weight is 509 g/mol. The SMILES string of the molecule is COc1c(Cl)cccc1-c1c(-c2ccncc2OCCN(C)C(=O)OC(C)(C)C)[nH]c2cccnc12. The van der Waals surface area contributed by atoms with Crippen molar-refractivity contribution in [1.82, 2.24) is 19.9 Å². The van der Waals surface area contributed by atoms with Gasteiger partial charge in [-0.05, 0) is 45.0 Å². The molecule has 1 aromatic carbocycles. The third-order valence-electron chi connectivity index (χ3n) is 5.44. The van der Waals surface area contributed by atoms with Crippen molar-refractivity contribution in [3.05, 3.63) is 60.0 Å². The van der Waals surface area contributed by atoms with E-state index < -0.39 is 11.7 Å². The highest BCUT2D eigenvalue weighted by atomic mass is 35.5. The minimum atomic E-state index is -0.565. The molecule has 8 nitrogen and oxygen atoms in total. The van der Waals surface area contributed by atoms with Gasteiger partial charge in [0.1, 0.15) is 23.7 Å². The molecule has 0 aliphatic heterocycles. The van der Waals surface area contributed by atoms with Crippen molar-refractivity contribution in [2.24, 2.45) is 0 Å². The van der Waals surface area contributed by atoms with Gasteiger partial charge in [-0.3, -0.25) is 9.97 Å². The van der Waals surface area contributed by atoms with E-state index in [0.29, 0.717) is 23.1 Å². The van der Waals surface area contributed by atoms with Gasteiger partial charge >= 0.3 is 6.09 Å². The summed E-state index contributed by atoms with van der Waals surface area (Å²) >= 11 is 6.46. The van der Waals surface area contributed by atoms with Crippen LogP contribution < -0.4 is 9.47 Å². The first-order chi connectivity index (χ1) is 17.2. The molecular weight excluding hydrogens is 480 g/mol. The van der Waals surface area contributed by atoms with E-state index in [1.807, 2.05) is 51.1 Å². The Hall–Kier alpha value is -3.78. The van der Waals surface area contributed by atoms with E-state index in [1.165, 1.54) is 4.90 Å². The number of carbonyl (C=O) groups is 1. The van der Waals surface area contributed by atoms with Crippen LogP contribution in [0.25, 0.3) is 33.4 Å². The van der Waals surface area contributed by atoms with Crippen molar-refractivity contribution < 1.29 is 19.0 Å². The van der Waals surface area contributed by atoms with Crippen LogP contribution in [0, 0.1) is 0 Å². The van der Waals surface area contributed by atoms with Gasteiger partial charge in [-0.2, -0.15) is 0 Å². The Kier molecular flexibility index (Phi) is 7.35. The Morgan fingerprint density at radius 1 is 1.11 bits per heavy atom. The number of fused-ring (bicyclic) bond motifs is 1. The largest absolute Gasteiger partial charge is 0.495 e. The third-order valence-corrected chi connectivity index (χ3v) is 5.74. The number of benzene rings is 1. The molecule has 0 saturated carbocycles. The van der Waals surface area contributed by atoms with Crippen LogP contribution in [-0.2, 0) is 4.74 Å². The number of para-hydroxylation sites is 1. The zero-order valence-electron chi connectivity index (χ0n) is 21.0. The third kappa shape index (κ3) is 5.39. The fourth-order valence-corrected chi connectivity index (χ4v) is 4.08. The number of nitrogens with one attached hydrogen (secondary N) is 1. The van der Waals surface area contributed by atoms with Gasteiger partial charge in [-0.1, -0.05) is 23.7 Å². The first kappa shape index (κ1) is 25.3. The average Bonchev–Trinajstić information content (AvgIpc) is 3.22. The Morgan fingerprint density at radius 3 is 2.67 bits per heavy atom. The second-order valence-electron chi connectivity index (χ2n) is 9.22. The highest BCUT2D eigenvalue weighted by molar-refractivity contribution is 6.32. The molecule has 1 N–H and O–H groups in total. The lowest BCUT2D eigenvalue weighted by atomic mass is 9.99. The summed E-state index contributed by atoms with van der Waals surface area (Å²) < 4.78 is 17.2. The number of pyridine rings is 2. The van der Waals surface area contributed by atoms with Crippen LogP contribution in [-0.4, -0.2) is 58.9 Å². The first-order valence-electron chi connectivity index (χ1n) is 11.5. The maximum absolute atomic E-state index is 12.3. The fourth-order valence-electron chi connectivity index (χ4n) is 3.82. The van der Waals surface area contributed by atoms with Crippen LogP contribution in [0.4, 0.5) is 4.79 Å². The molecule has 9 heteroatoms. The number of ether oxygens (including phenoxy) is 3. The molecule has 0 unspecified atom stereocenters. The molecule has 0 spiro atoms. The maximum atomic E-state index is 12.3. The van der Waals surface area contributed by atoms with Gasteiger partial charge in [0.2, 0.25) is 0 Å². The van der Waals surface area contributed by atoms with Gasteiger partial charge in [0.25, 0.3) is 0 Å². The number of hydrogen-bond acceptors (Lipinski definition) is 6. The minimum absolute atomic E-state index is 0.253. The topological polar surface area (TPSA) is 89.6 Å². The Bertz CT molecular complexity index is 1380. The number of aromatic nitrogens is 3. The number of likely N-dealkylation sites (N-methyl/N-ethyl adjacent to an activating group) is 1. The maximum Gasteiger partial charge on any atom is 0.410 e. The quantitative estimate of drug-likeness (QED) is 0.319. The van der Waals surface area contributed by atoms with Gasteiger partial charge < -0.3 is 24.1 Å². The molecule has 0 bridgehead atoms. The Balaban J connectivity index is 1.69. The number of rotatable bonds is 7.